The number of hydrogen-bond acceptors (Lipinski definition) is 2. The molecule has 0 aromatic carbocycles. The van der Waals surface area contributed by atoms with Crippen LogP contribution in [-0.2, 0) is 9.84 Å². The van der Waals surface area contributed by atoms with E-state index in [2.05, 4.69) is 6.92 Å². The summed E-state index contributed by atoms with van der Waals surface area (Å²) in [5.41, 5.74) is 0. The Morgan fingerprint density at radius 1 is 1.27 bits per heavy atom. The molecule has 0 bridgehead atoms. The van der Waals surface area contributed by atoms with E-state index in [1.807, 2.05) is 0 Å². The van der Waals surface area contributed by atoms with Crippen LogP contribution in [0.5, 0.6) is 0 Å². The SMILES string of the molecule is CCCCCC1CS(=O)(=O)C1. The van der Waals surface area contributed by atoms with E-state index in [1.54, 1.807) is 0 Å². The summed E-state index contributed by atoms with van der Waals surface area (Å²) in [6, 6.07) is 0. The van der Waals surface area contributed by atoms with Crippen LogP contribution in [0.25, 0.3) is 0 Å². The van der Waals surface area contributed by atoms with Crippen LogP contribution in [-0.4, -0.2) is 19.9 Å². The number of sulfone groups is 1. The molecule has 2 nitrogen and oxygen atoms in total. The largest absolute Gasteiger partial charge is 0.229 e. The molecular formula is C8H16O2S. The second-order valence-electron chi connectivity index (χ2n) is 3.44. The lowest BCUT2D eigenvalue weighted by Crippen LogP contribution is -2.35. The maximum absolute atomic E-state index is 10.7. The van der Waals surface area contributed by atoms with Gasteiger partial charge in [0.15, 0.2) is 9.84 Å². The van der Waals surface area contributed by atoms with Crippen molar-refractivity contribution >= 4 is 9.84 Å². The van der Waals surface area contributed by atoms with Gasteiger partial charge < -0.3 is 0 Å². The second-order valence-corrected chi connectivity index (χ2v) is 5.59. The minimum atomic E-state index is -2.57. The summed E-state index contributed by atoms with van der Waals surface area (Å²) in [5.74, 6) is 1.40. The Balaban J connectivity index is 2.05. The Morgan fingerprint density at radius 3 is 2.36 bits per heavy atom. The van der Waals surface area contributed by atoms with Gasteiger partial charge >= 0.3 is 0 Å². The van der Waals surface area contributed by atoms with Crippen molar-refractivity contribution in [3.63, 3.8) is 0 Å². The summed E-state index contributed by atoms with van der Waals surface area (Å²) in [5, 5.41) is 0. The predicted molar refractivity (Wildman–Crippen MR) is 46.3 cm³/mol. The van der Waals surface area contributed by atoms with Crippen molar-refractivity contribution < 1.29 is 8.42 Å². The van der Waals surface area contributed by atoms with Crippen molar-refractivity contribution in [3.8, 4) is 0 Å². The van der Waals surface area contributed by atoms with Crippen LogP contribution in [0.3, 0.4) is 0 Å². The summed E-state index contributed by atoms with van der Waals surface area (Å²) in [6.45, 7) is 2.16. The van der Waals surface area contributed by atoms with E-state index in [1.165, 1.54) is 19.3 Å². The lowest BCUT2D eigenvalue weighted by molar-refractivity contribution is 0.477. The molecule has 0 radical (unpaired) electrons. The average molecular weight is 176 g/mol. The van der Waals surface area contributed by atoms with Gasteiger partial charge in [0, 0.05) is 0 Å². The van der Waals surface area contributed by atoms with E-state index in [0.29, 0.717) is 17.4 Å². The van der Waals surface area contributed by atoms with E-state index < -0.39 is 9.84 Å². The fourth-order valence-electron chi connectivity index (χ4n) is 1.52. The van der Waals surface area contributed by atoms with Crippen molar-refractivity contribution in [2.45, 2.75) is 32.6 Å². The summed E-state index contributed by atoms with van der Waals surface area (Å²) in [4.78, 5) is 0. The molecule has 0 N–H and O–H groups in total. The zero-order chi connectivity index (χ0) is 8.32. The van der Waals surface area contributed by atoms with Crippen LogP contribution >= 0.6 is 0 Å². The third kappa shape index (κ3) is 2.81. The van der Waals surface area contributed by atoms with Gasteiger partial charge in [0.05, 0.1) is 11.5 Å². The van der Waals surface area contributed by atoms with E-state index in [-0.39, 0.29) is 0 Å². The molecule has 0 saturated carbocycles. The Bertz CT molecular complexity index is 194. The molecule has 1 heterocycles. The average Bonchev–Trinajstić information content (AvgIpc) is 1.84. The first-order chi connectivity index (χ1) is 5.14. The van der Waals surface area contributed by atoms with E-state index in [4.69, 9.17) is 0 Å². The topological polar surface area (TPSA) is 34.1 Å². The Hall–Kier alpha value is -0.0500. The quantitative estimate of drug-likeness (QED) is 0.610. The van der Waals surface area contributed by atoms with Crippen LogP contribution in [0.2, 0.25) is 0 Å². The van der Waals surface area contributed by atoms with Crippen LogP contribution < -0.4 is 0 Å². The molecule has 3 heteroatoms. The van der Waals surface area contributed by atoms with Crippen LogP contribution in [0, 0.1) is 5.92 Å². The molecule has 1 aliphatic rings. The van der Waals surface area contributed by atoms with Crippen molar-refractivity contribution in [2.24, 2.45) is 5.92 Å². The van der Waals surface area contributed by atoms with Crippen molar-refractivity contribution in [1.29, 1.82) is 0 Å². The van der Waals surface area contributed by atoms with Gasteiger partial charge in [-0.1, -0.05) is 26.2 Å². The van der Waals surface area contributed by atoms with Gasteiger partial charge in [-0.2, -0.15) is 0 Å². The van der Waals surface area contributed by atoms with E-state index in [9.17, 15) is 8.42 Å². The van der Waals surface area contributed by atoms with Gasteiger partial charge in [0.1, 0.15) is 0 Å². The van der Waals surface area contributed by atoms with Crippen molar-refractivity contribution in [2.75, 3.05) is 11.5 Å². The van der Waals surface area contributed by atoms with Crippen LogP contribution in [0.1, 0.15) is 32.6 Å². The summed E-state index contributed by atoms with van der Waals surface area (Å²) in [7, 11) is -2.57. The molecular weight excluding hydrogens is 160 g/mol. The molecule has 0 aromatic heterocycles. The number of rotatable bonds is 4. The molecule has 1 rings (SSSR count). The molecule has 0 atom stereocenters. The van der Waals surface area contributed by atoms with Crippen molar-refractivity contribution in [3.05, 3.63) is 0 Å². The first-order valence-electron chi connectivity index (χ1n) is 4.34. The highest BCUT2D eigenvalue weighted by Gasteiger charge is 2.32. The van der Waals surface area contributed by atoms with Gasteiger partial charge in [0.2, 0.25) is 0 Å². The summed E-state index contributed by atoms with van der Waals surface area (Å²) >= 11 is 0. The second kappa shape index (κ2) is 3.57. The Kier molecular flexibility index (Phi) is 2.93. The lowest BCUT2D eigenvalue weighted by atomic mass is 10.0. The van der Waals surface area contributed by atoms with E-state index >= 15 is 0 Å². The van der Waals surface area contributed by atoms with E-state index in [0.717, 1.165) is 6.42 Å². The standard InChI is InChI=1S/C8H16O2S/c1-2-3-4-5-8-6-11(9,10)7-8/h8H,2-7H2,1H3. The zero-order valence-corrected chi connectivity index (χ0v) is 7.86. The third-order valence-corrected chi connectivity index (χ3v) is 4.15. The molecule has 1 fully saturated rings. The monoisotopic (exact) mass is 176 g/mol. The van der Waals surface area contributed by atoms with Gasteiger partial charge in [0.25, 0.3) is 0 Å². The minimum Gasteiger partial charge on any atom is -0.229 e. The van der Waals surface area contributed by atoms with Gasteiger partial charge in [-0.05, 0) is 12.3 Å². The maximum atomic E-state index is 10.7. The molecule has 0 spiro atoms. The van der Waals surface area contributed by atoms with Crippen molar-refractivity contribution in [1.82, 2.24) is 0 Å². The molecule has 0 aliphatic carbocycles. The highest BCUT2D eigenvalue weighted by molar-refractivity contribution is 7.92. The lowest BCUT2D eigenvalue weighted by Gasteiger charge is -2.25. The van der Waals surface area contributed by atoms with Gasteiger partial charge in [-0.25, -0.2) is 8.42 Å². The Morgan fingerprint density at radius 2 is 1.91 bits per heavy atom. The Labute approximate surface area is 68.9 Å². The minimum absolute atomic E-state index is 0.455. The molecule has 1 saturated heterocycles. The predicted octanol–water partition coefficient (Wildman–Crippen LogP) is 1.61. The first-order valence-corrected chi connectivity index (χ1v) is 6.16. The molecule has 0 unspecified atom stereocenters. The van der Waals surface area contributed by atoms with Crippen LogP contribution in [0.4, 0.5) is 0 Å². The molecule has 11 heavy (non-hydrogen) atoms. The molecule has 0 amide bonds. The fourth-order valence-corrected chi connectivity index (χ4v) is 3.19. The molecule has 0 aromatic rings. The van der Waals surface area contributed by atoms with Gasteiger partial charge in [-0.3, -0.25) is 0 Å². The van der Waals surface area contributed by atoms with Gasteiger partial charge in [-0.15, -0.1) is 0 Å². The summed E-state index contributed by atoms with van der Waals surface area (Å²) < 4.78 is 21.5. The molecule has 1 aliphatic heterocycles. The first kappa shape index (κ1) is 9.04. The fraction of sp³-hybridized carbons (Fsp3) is 1.00. The normalized spacial score (nSPS) is 23.0. The maximum Gasteiger partial charge on any atom is 0.150 e. The highest BCUT2D eigenvalue weighted by Crippen LogP contribution is 2.23. The molecule has 66 valence electrons. The number of hydrogen-bond donors (Lipinski definition) is 0. The third-order valence-electron chi connectivity index (χ3n) is 2.20. The van der Waals surface area contributed by atoms with Crippen LogP contribution in [0.15, 0.2) is 0 Å². The number of unbranched alkanes of at least 4 members (excludes halogenated alkanes) is 2. The zero-order valence-electron chi connectivity index (χ0n) is 7.04. The summed E-state index contributed by atoms with van der Waals surface area (Å²) in [6.07, 6.45) is 4.79. The highest BCUT2D eigenvalue weighted by atomic mass is 32.2. The smallest absolute Gasteiger partial charge is 0.150 e.